The largest absolute Gasteiger partial charge is 0.468 e. The Kier molecular flexibility index (Phi) is 17.2. The molecule has 216 valence electrons. The zero-order chi connectivity index (χ0) is 29.3. The van der Waals surface area contributed by atoms with Crippen LogP contribution in [0.1, 0.15) is 27.7 Å². The van der Waals surface area contributed by atoms with Crippen molar-refractivity contribution in [2.45, 2.75) is 51.9 Å². The number of nitrogens with two attached hydrogens (primary N) is 1. The number of carbonyl (C=O) groups is 5. The molecule has 0 aromatic carbocycles. The summed E-state index contributed by atoms with van der Waals surface area (Å²) in [4.78, 5) is 62.7. The lowest BCUT2D eigenvalue weighted by Crippen LogP contribution is -2.60. The zero-order valence-electron chi connectivity index (χ0n) is 22.9. The molecule has 0 saturated carbocycles. The predicted octanol–water partition coefficient (Wildman–Crippen LogP) is -1.23. The van der Waals surface area contributed by atoms with Crippen LogP contribution in [0.4, 0.5) is 0 Å². The van der Waals surface area contributed by atoms with Crippen LogP contribution in [0.2, 0.25) is 0 Å². The van der Waals surface area contributed by atoms with E-state index in [1.54, 1.807) is 27.7 Å². The monoisotopic (exact) mass is 541 g/mol. The van der Waals surface area contributed by atoms with Crippen LogP contribution in [0.5, 0.6) is 0 Å². The molecular formula is C25H43N5O8. The number of rotatable bonds is 19. The minimum Gasteiger partial charge on any atom is -0.468 e. The van der Waals surface area contributed by atoms with Crippen LogP contribution in [0.15, 0.2) is 25.3 Å². The van der Waals surface area contributed by atoms with Crippen LogP contribution in [-0.2, 0) is 38.2 Å². The highest BCUT2D eigenvalue weighted by Gasteiger charge is 2.33. The summed E-state index contributed by atoms with van der Waals surface area (Å²) >= 11 is 0. The summed E-state index contributed by atoms with van der Waals surface area (Å²) in [5.74, 6) is -3.91. The molecule has 0 radical (unpaired) electrons. The minimum absolute atomic E-state index is 0.0608. The average Bonchev–Trinajstić information content (AvgIpc) is 2.87. The molecule has 0 bridgehead atoms. The maximum atomic E-state index is 13.1. The van der Waals surface area contributed by atoms with Crippen LogP contribution >= 0.6 is 0 Å². The number of methoxy groups -OCH3 is 1. The summed E-state index contributed by atoms with van der Waals surface area (Å²) in [6.07, 6.45) is 2.99. The van der Waals surface area contributed by atoms with Crippen LogP contribution in [0.3, 0.4) is 0 Å². The van der Waals surface area contributed by atoms with Gasteiger partial charge in [0.2, 0.25) is 23.6 Å². The molecule has 13 nitrogen and oxygen atoms in total. The fourth-order valence-corrected chi connectivity index (χ4v) is 3.00. The van der Waals surface area contributed by atoms with Gasteiger partial charge in [-0.2, -0.15) is 0 Å². The number of carbonyl (C=O) groups excluding carboxylic acids is 5. The van der Waals surface area contributed by atoms with Crippen LogP contribution in [0.25, 0.3) is 0 Å². The van der Waals surface area contributed by atoms with Gasteiger partial charge in [0, 0.05) is 0 Å². The number of esters is 1. The molecule has 0 unspecified atom stereocenters. The van der Waals surface area contributed by atoms with E-state index in [4.69, 9.17) is 15.2 Å². The summed E-state index contributed by atoms with van der Waals surface area (Å²) in [5.41, 5.74) is 5.84. The molecule has 38 heavy (non-hydrogen) atoms. The second-order valence-electron chi connectivity index (χ2n) is 9.07. The molecule has 0 rings (SSSR count). The van der Waals surface area contributed by atoms with Gasteiger partial charge < -0.3 is 41.2 Å². The molecular weight excluding hydrogens is 498 g/mol. The van der Waals surface area contributed by atoms with E-state index >= 15 is 0 Å². The molecule has 13 heteroatoms. The minimum atomic E-state index is -1.17. The highest BCUT2D eigenvalue weighted by Crippen LogP contribution is 2.08. The Morgan fingerprint density at radius 2 is 1.24 bits per heavy atom. The Morgan fingerprint density at radius 3 is 1.71 bits per heavy atom. The number of hydrogen-bond acceptors (Lipinski definition) is 9. The molecule has 0 aromatic heterocycles. The van der Waals surface area contributed by atoms with Crippen LogP contribution in [0, 0.1) is 11.8 Å². The summed E-state index contributed by atoms with van der Waals surface area (Å²) in [6.45, 7) is 13.6. The van der Waals surface area contributed by atoms with Crippen molar-refractivity contribution in [3.05, 3.63) is 25.3 Å². The summed E-state index contributed by atoms with van der Waals surface area (Å²) in [5, 5.41) is 10.2. The van der Waals surface area contributed by atoms with E-state index in [0.29, 0.717) is 0 Å². The molecule has 0 aliphatic heterocycles. The third-order valence-electron chi connectivity index (χ3n) is 5.15. The molecule has 0 aromatic rings. The lowest BCUT2D eigenvalue weighted by atomic mass is 9.99. The maximum Gasteiger partial charge on any atom is 0.325 e. The van der Waals surface area contributed by atoms with Gasteiger partial charge in [0.15, 0.2) is 0 Å². The highest BCUT2D eigenvalue weighted by atomic mass is 16.5. The Bertz CT molecular complexity index is 818. The molecule has 4 amide bonds. The smallest absolute Gasteiger partial charge is 0.325 e. The molecule has 0 heterocycles. The van der Waals surface area contributed by atoms with Gasteiger partial charge >= 0.3 is 5.97 Å². The predicted molar refractivity (Wildman–Crippen MR) is 141 cm³/mol. The van der Waals surface area contributed by atoms with Gasteiger partial charge in [-0.25, -0.2) is 0 Å². The summed E-state index contributed by atoms with van der Waals surface area (Å²) in [6, 6.07) is -4.22. The maximum absolute atomic E-state index is 13.1. The standard InChI is InChI=1S/C25H43N5O8/c1-8-10-37-13-17(26)22(32)29-21(16(5)6)25(35)30-20(15(3)4)24(34)28-18(14-38-11-9-2)23(33)27-12-19(31)36-7/h8-9,15-18,20-21H,1-2,10-14,26H2,3-7H3,(H,27,33)(H,28,34)(H,29,32)(H,30,35)/t17-,18-,20-,21-/m0/s1. The Labute approximate surface area is 224 Å². The fourth-order valence-electron chi connectivity index (χ4n) is 3.00. The van der Waals surface area contributed by atoms with Crippen LogP contribution < -0.4 is 27.0 Å². The van der Waals surface area contributed by atoms with Crippen molar-refractivity contribution in [2.24, 2.45) is 17.6 Å². The molecule has 0 aliphatic rings. The van der Waals surface area contributed by atoms with Gasteiger partial charge in [0.05, 0.1) is 33.5 Å². The molecule has 0 aliphatic carbocycles. The second kappa shape index (κ2) is 18.9. The number of ether oxygens (including phenoxy) is 3. The molecule has 4 atom stereocenters. The van der Waals surface area contributed by atoms with E-state index < -0.39 is 60.3 Å². The first-order valence-electron chi connectivity index (χ1n) is 12.3. The van der Waals surface area contributed by atoms with Gasteiger partial charge in [0.25, 0.3) is 0 Å². The first-order valence-corrected chi connectivity index (χ1v) is 12.3. The van der Waals surface area contributed by atoms with Crippen molar-refractivity contribution in [2.75, 3.05) is 40.1 Å². The fraction of sp³-hybridized carbons (Fsp3) is 0.640. The molecule has 0 saturated heterocycles. The van der Waals surface area contributed by atoms with Gasteiger partial charge in [-0.15, -0.1) is 13.2 Å². The number of nitrogens with one attached hydrogen (secondary N) is 4. The first-order chi connectivity index (χ1) is 17.9. The Morgan fingerprint density at radius 1 is 0.763 bits per heavy atom. The SMILES string of the molecule is C=CCOC[C@H](NC(=O)[C@@H](NC(=O)[C@@H](NC(=O)[C@@H](N)COCC=C)C(C)C)C(C)C)C(=O)NCC(=O)OC. The van der Waals surface area contributed by atoms with Crippen molar-refractivity contribution in [1.29, 1.82) is 0 Å². The van der Waals surface area contributed by atoms with Gasteiger partial charge in [-0.05, 0) is 11.8 Å². The molecule has 0 spiro atoms. The van der Waals surface area contributed by atoms with Crippen molar-refractivity contribution in [3.8, 4) is 0 Å². The van der Waals surface area contributed by atoms with E-state index in [9.17, 15) is 24.0 Å². The van der Waals surface area contributed by atoms with E-state index in [1.165, 1.54) is 19.3 Å². The van der Waals surface area contributed by atoms with Crippen LogP contribution in [-0.4, -0.2) is 93.8 Å². The third-order valence-corrected chi connectivity index (χ3v) is 5.15. The Balaban J connectivity index is 5.47. The van der Waals surface area contributed by atoms with E-state index in [1.807, 2.05) is 0 Å². The number of hydrogen-bond donors (Lipinski definition) is 5. The van der Waals surface area contributed by atoms with Gasteiger partial charge in [-0.3, -0.25) is 24.0 Å². The first kappa shape index (κ1) is 34.7. The van der Waals surface area contributed by atoms with Gasteiger partial charge in [0.1, 0.15) is 30.7 Å². The van der Waals surface area contributed by atoms with E-state index in [0.717, 1.165) is 0 Å². The van der Waals surface area contributed by atoms with Crippen molar-refractivity contribution >= 4 is 29.6 Å². The summed E-state index contributed by atoms with van der Waals surface area (Å²) in [7, 11) is 1.17. The normalized spacial score (nSPS) is 14.0. The lowest BCUT2D eigenvalue weighted by Gasteiger charge is -2.29. The van der Waals surface area contributed by atoms with E-state index in [2.05, 4.69) is 39.2 Å². The van der Waals surface area contributed by atoms with E-state index in [-0.39, 0.29) is 38.3 Å². The van der Waals surface area contributed by atoms with Crippen molar-refractivity contribution < 1.29 is 38.2 Å². The lowest BCUT2D eigenvalue weighted by molar-refractivity contribution is -0.141. The highest BCUT2D eigenvalue weighted by molar-refractivity contribution is 5.95. The van der Waals surface area contributed by atoms with Crippen molar-refractivity contribution in [3.63, 3.8) is 0 Å². The number of amides is 4. The quantitative estimate of drug-likeness (QED) is 0.0758. The topological polar surface area (TPSA) is 187 Å². The second-order valence-corrected chi connectivity index (χ2v) is 9.07. The summed E-state index contributed by atoms with van der Waals surface area (Å²) < 4.78 is 15.0. The zero-order valence-corrected chi connectivity index (χ0v) is 22.9. The molecule has 0 fully saturated rings. The third kappa shape index (κ3) is 13.3. The molecule has 6 N–H and O–H groups in total. The average molecular weight is 542 g/mol. The Hall–Kier alpha value is -3.29. The van der Waals surface area contributed by atoms with Crippen molar-refractivity contribution in [1.82, 2.24) is 21.3 Å². The van der Waals surface area contributed by atoms with Gasteiger partial charge in [-0.1, -0.05) is 39.8 Å².